The predicted molar refractivity (Wildman–Crippen MR) is 66.1 cm³/mol. The molecule has 0 saturated carbocycles. The van der Waals surface area contributed by atoms with Gasteiger partial charge in [-0.2, -0.15) is 0 Å². The zero-order valence-electron chi connectivity index (χ0n) is 10.1. The molecule has 1 aromatic carbocycles. The average molecular weight is 233 g/mol. The van der Waals surface area contributed by atoms with Crippen LogP contribution in [-0.2, 0) is 4.74 Å². The third-order valence-electron chi connectivity index (χ3n) is 2.87. The van der Waals surface area contributed by atoms with Crippen molar-refractivity contribution in [3.63, 3.8) is 0 Å². The van der Waals surface area contributed by atoms with Crippen LogP contribution in [0.5, 0.6) is 0 Å². The topological polar surface area (TPSA) is 32.8 Å². The molecule has 0 aromatic heterocycles. The quantitative estimate of drug-likeness (QED) is 0.780. The average Bonchev–Trinajstić information content (AvgIpc) is 2.40. The third-order valence-corrected chi connectivity index (χ3v) is 2.87. The molecule has 4 nitrogen and oxygen atoms in total. The van der Waals surface area contributed by atoms with Gasteiger partial charge in [-0.05, 0) is 25.1 Å². The van der Waals surface area contributed by atoms with E-state index in [4.69, 9.17) is 4.74 Å². The van der Waals surface area contributed by atoms with Crippen LogP contribution in [0.2, 0.25) is 0 Å². The van der Waals surface area contributed by atoms with Crippen LogP contribution in [0.1, 0.15) is 6.92 Å². The predicted octanol–water partition coefficient (Wildman–Crippen LogP) is 1.77. The summed E-state index contributed by atoms with van der Waals surface area (Å²) < 4.78 is 4.99. The van der Waals surface area contributed by atoms with E-state index in [1.165, 1.54) is 5.69 Å². The number of rotatable bonds is 2. The van der Waals surface area contributed by atoms with Crippen molar-refractivity contribution < 1.29 is 9.53 Å². The maximum absolute atomic E-state index is 11.5. The molecule has 0 bridgehead atoms. The van der Waals surface area contributed by atoms with Crippen molar-refractivity contribution in [2.45, 2.75) is 6.92 Å². The van der Waals surface area contributed by atoms with Crippen molar-refractivity contribution in [1.29, 1.82) is 0 Å². The molecule has 2 rings (SSSR count). The number of ether oxygens (including phenoxy) is 1. The first-order chi connectivity index (χ1) is 8.31. The molecule has 0 N–H and O–H groups in total. The van der Waals surface area contributed by atoms with Gasteiger partial charge in [-0.15, -0.1) is 0 Å². The van der Waals surface area contributed by atoms with Gasteiger partial charge >= 0.3 is 6.09 Å². The van der Waals surface area contributed by atoms with Crippen LogP contribution >= 0.6 is 0 Å². The van der Waals surface area contributed by atoms with Gasteiger partial charge in [0, 0.05) is 31.9 Å². The molecule has 1 saturated heterocycles. The van der Waals surface area contributed by atoms with Crippen LogP contribution < -0.4 is 4.90 Å². The zero-order chi connectivity index (χ0) is 12.1. The second kappa shape index (κ2) is 5.57. The van der Waals surface area contributed by atoms with Gasteiger partial charge in [0.1, 0.15) is 0 Å². The van der Waals surface area contributed by atoms with Crippen LogP contribution in [-0.4, -0.2) is 43.8 Å². The number of hydrogen-bond acceptors (Lipinski definition) is 3. The number of carbonyl (C=O) groups is 1. The molecule has 17 heavy (non-hydrogen) atoms. The Kier molecular flexibility index (Phi) is 3.85. The Morgan fingerprint density at radius 3 is 2.53 bits per heavy atom. The third kappa shape index (κ3) is 2.90. The minimum atomic E-state index is -0.200. The molecule has 1 fully saturated rings. The van der Waals surface area contributed by atoms with Gasteiger partial charge in [-0.3, -0.25) is 0 Å². The fourth-order valence-corrected chi connectivity index (χ4v) is 1.95. The van der Waals surface area contributed by atoms with Crippen LogP contribution in [0.4, 0.5) is 10.5 Å². The summed E-state index contributed by atoms with van der Waals surface area (Å²) in [6.45, 7) is 5.41. The Morgan fingerprint density at radius 1 is 1.29 bits per heavy atom. The lowest BCUT2D eigenvalue weighted by atomic mass is 10.2. The minimum Gasteiger partial charge on any atom is -0.450 e. The number of amides is 1. The van der Waals surface area contributed by atoms with E-state index in [-0.39, 0.29) is 6.09 Å². The summed E-state index contributed by atoms with van der Waals surface area (Å²) in [7, 11) is 0. The summed E-state index contributed by atoms with van der Waals surface area (Å²) >= 11 is 0. The van der Waals surface area contributed by atoms with Gasteiger partial charge in [0.05, 0.1) is 6.61 Å². The van der Waals surface area contributed by atoms with Crippen molar-refractivity contribution in [2.24, 2.45) is 0 Å². The molecule has 0 atom stereocenters. The normalized spacial score (nSPS) is 15.8. The molecule has 1 radical (unpaired) electrons. The highest BCUT2D eigenvalue weighted by molar-refractivity contribution is 5.68. The number of piperazine rings is 1. The Bertz CT molecular complexity index is 359. The lowest BCUT2D eigenvalue weighted by molar-refractivity contribution is 0.105. The standard InChI is InChI=1S/C13H17N2O2/c1-2-17-13(16)15-10-8-14(9-11-15)12-6-4-3-5-7-12/h4-7H,2,8-11H2,1H3. The Morgan fingerprint density at radius 2 is 1.94 bits per heavy atom. The molecule has 1 heterocycles. The van der Waals surface area contributed by atoms with E-state index in [9.17, 15) is 4.79 Å². The van der Waals surface area contributed by atoms with Crippen molar-refractivity contribution in [3.05, 3.63) is 30.3 Å². The summed E-state index contributed by atoms with van der Waals surface area (Å²) in [5.74, 6) is 0. The van der Waals surface area contributed by atoms with E-state index < -0.39 is 0 Å². The van der Waals surface area contributed by atoms with Gasteiger partial charge < -0.3 is 14.5 Å². The van der Waals surface area contributed by atoms with Crippen LogP contribution in [0.15, 0.2) is 24.3 Å². The van der Waals surface area contributed by atoms with E-state index in [1.54, 1.807) is 4.90 Å². The van der Waals surface area contributed by atoms with Crippen molar-refractivity contribution in [3.8, 4) is 0 Å². The van der Waals surface area contributed by atoms with Gasteiger partial charge in [0.25, 0.3) is 0 Å². The van der Waals surface area contributed by atoms with Crippen molar-refractivity contribution in [1.82, 2.24) is 4.90 Å². The number of carbonyl (C=O) groups excluding carboxylic acids is 1. The van der Waals surface area contributed by atoms with Crippen molar-refractivity contribution >= 4 is 11.8 Å². The molecular weight excluding hydrogens is 216 g/mol. The lowest BCUT2D eigenvalue weighted by Crippen LogP contribution is -2.48. The van der Waals surface area contributed by atoms with E-state index in [2.05, 4.69) is 11.0 Å². The SMILES string of the molecule is CCOC(=O)N1CCN(c2cc[c]cc2)CC1. The van der Waals surface area contributed by atoms with E-state index in [0.29, 0.717) is 6.61 Å². The molecule has 91 valence electrons. The van der Waals surface area contributed by atoms with Gasteiger partial charge in [-0.25, -0.2) is 4.79 Å². The molecule has 0 spiro atoms. The van der Waals surface area contributed by atoms with Gasteiger partial charge in [0.15, 0.2) is 0 Å². The highest BCUT2D eigenvalue weighted by atomic mass is 16.6. The van der Waals surface area contributed by atoms with E-state index in [0.717, 1.165) is 26.2 Å². The monoisotopic (exact) mass is 233 g/mol. The summed E-state index contributed by atoms with van der Waals surface area (Å²) in [6.07, 6.45) is -0.200. The second-order valence-electron chi connectivity index (χ2n) is 3.93. The van der Waals surface area contributed by atoms with E-state index >= 15 is 0 Å². The first kappa shape index (κ1) is 11.8. The number of anilines is 1. The van der Waals surface area contributed by atoms with Crippen molar-refractivity contribution in [2.75, 3.05) is 37.7 Å². The minimum absolute atomic E-state index is 0.200. The van der Waals surface area contributed by atoms with E-state index in [1.807, 2.05) is 31.2 Å². The zero-order valence-corrected chi connectivity index (χ0v) is 10.1. The Labute approximate surface area is 102 Å². The molecule has 1 amide bonds. The molecule has 1 aliphatic rings. The Balaban J connectivity index is 1.88. The lowest BCUT2D eigenvalue weighted by Gasteiger charge is -2.35. The largest absolute Gasteiger partial charge is 0.450 e. The number of nitrogens with zero attached hydrogens (tertiary/aromatic N) is 2. The van der Waals surface area contributed by atoms with Gasteiger partial charge in [-0.1, -0.05) is 12.1 Å². The number of benzene rings is 1. The molecule has 0 unspecified atom stereocenters. The van der Waals surface area contributed by atoms with Gasteiger partial charge in [0.2, 0.25) is 0 Å². The van der Waals surface area contributed by atoms with Crippen LogP contribution in [0, 0.1) is 6.07 Å². The summed E-state index contributed by atoms with van der Waals surface area (Å²) in [5.41, 5.74) is 1.19. The fraction of sp³-hybridized carbons (Fsp3) is 0.462. The molecule has 1 aliphatic heterocycles. The highest BCUT2D eigenvalue weighted by Crippen LogP contribution is 2.15. The first-order valence-electron chi connectivity index (χ1n) is 5.94. The smallest absolute Gasteiger partial charge is 0.409 e. The first-order valence-corrected chi connectivity index (χ1v) is 5.94. The second-order valence-corrected chi connectivity index (χ2v) is 3.93. The Hall–Kier alpha value is -1.71. The maximum atomic E-state index is 11.5. The molecular formula is C13H17N2O2. The molecule has 4 heteroatoms. The highest BCUT2D eigenvalue weighted by Gasteiger charge is 2.21. The maximum Gasteiger partial charge on any atom is 0.409 e. The summed E-state index contributed by atoms with van der Waals surface area (Å²) in [5, 5.41) is 0. The summed E-state index contributed by atoms with van der Waals surface area (Å²) in [4.78, 5) is 15.5. The summed E-state index contributed by atoms with van der Waals surface area (Å²) in [6, 6.07) is 10.9. The fourth-order valence-electron chi connectivity index (χ4n) is 1.95. The molecule has 1 aromatic rings. The van der Waals surface area contributed by atoms with Crippen LogP contribution in [0.25, 0.3) is 0 Å². The number of hydrogen-bond donors (Lipinski definition) is 0. The molecule has 0 aliphatic carbocycles. The van der Waals surface area contributed by atoms with Crippen LogP contribution in [0.3, 0.4) is 0 Å².